The third-order valence-corrected chi connectivity index (χ3v) is 9.30. The highest BCUT2D eigenvalue weighted by atomic mass is 35.5. The molecule has 0 radical (unpaired) electrons. The van der Waals surface area contributed by atoms with Gasteiger partial charge in [-0.1, -0.05) is 58.5 Å². The number of anilines is 1. The van der Waals surface area contributed by atoms with Gasteiger partial charge in [0.25, 0.3) is 5.91 Å². The third kappa shape index (κ3) is 7.25. The minimum atomic E-state index is -4.15. The summed E-state index contributed by atoms with van der Waals surface area (Å²) < 4.78 is 27.9. The van der Waals surface area contributed by atoms with E-state index in [-0.39, 0.29) is 49.9 Å². The number of pyridine rings is 1. The summed E-state index contributed by atoms with van der Waals surface area (Å²) in [6, 6.07) is 7.46. The number of carbonyl (C=O) groups excluding carboxylic acids is 2. The molecule has 0 spiro atoms. The zero-order valence-electron chi connectivity index (χ0n) is 21.4. The highest BCUT2D eigenvalue weighted by molar-refractivity contribution is 7.89. The van der Waals surface area contributed by atoms with Crippen LogP contribution in [0.4, 0.5) is 5.69 Å². The summed E-state index contributed by atoms with van der Waals surface area (Å²) in [7, 11) is -4.15. The first kappa shape index (κ1) is 31.8. The smallest absolute Gasteiger partial charge is 0.326 e. The van der Waals surface area contributed by atoms with Crippen LogP contribution in [0.25, 0.3) is 0 Å². The van der Waals surface area contributed by atoms with Crippen LogP contribution in [-0.2, 0) is 26.0 Å². The van der Waals surface area contributed by atoms with E-state index in [0.717, 1.165) is 16.7 Å². The number of carbonyl (C=O) groups is 3. The second kappa shape index (κ2) is 13.0. The van der Waals surface area contributed by atoms with Crippen LogP contribution in [0.1, 0.15) is 28.8 Å². The maximum Gasteiger partial charge on any atom is 0.326 e. The molecule has 4 rings (SSSR count). The number of nitrogens with zero attached hydrogens (tertiary/aromatic N) is 2. The fourth-order valence-corrected chi connectivity index (χ4v) is 7.44. The average Bonchev–Trinajstić information content (AvgIpc) is 3.39. The van der Waals surface area contributed by atoms with E-state index in [1.807, 2.05) is 0 Å². The molecule has 3 aromatic rings. The monoisotopic (exact) mass is 674 g/mol. The minimum Gasteiger partial charge on any atom is -0.619 e. The number of carboxylic acids is 1. The molecule has 42 heavy (non-hydrogen) atoms. The zero-order chi connectivity index (χ0) is 30.8. The number of halogens is 4. The minimum absolute atomic E-state index is 0.0613. The molecule has 0 bridgehead atoms. The van der Waals surface area contributed by atoms with Gasteiger partial charge in [-0.25, -0.2) is 13.2 Å². The molecule has 16 heteroatoms. The van der Waals surface area contributed by atoms with E-state index in [1.54, 1.807) is 12.1 Å². The van der Waals surface area contributed by atoms with Gasteiger partial charge in [0.05, 0.1) is 10.5 Å². The van der Waals surface area contributed by atoms with E-state index >= 15 is 0 Å². The van der Waals surface area contributed by atoms with Gasteiger partial charge >= 0.3 is 5.97 Å². The van der Waals surface area contributed by atoms with Crippen molar-refractivity contribution in [3.63, 3.8) is 0 Å². The predicted octanol–water partition coefficient (Wildman–Crippen LogP) is 4.15. The maximum atomic E-state index is 13.3. The molecule has 2 heterocycles. The van der Waals surface area contributed by atoms with Gasteiger partial charge in [0.2, 0.25) is 15.9 Å². The lowest BCUT2D eigenvalue weighted by Gasteiger charge is -2.25. The highest BCUT2D eigenvalue weighted by Crippen LogP contribution is 2.30. The van der Waals surface area contributed by atoms with Gasteiger partial charge in [-0.05, 0) is 48.7 Å². The molecule has 0 unspecified atom stereocenters. The van der Waals surface area contributed by atoms with Gasteiger partial charge < -0.3 is 20.9 Å². The largest absolute Gasteiger partial charge is 0.619 e. The number of sulfonamides is 1. The van der Waals surface area contributed by atoms with Gasteiger partial charge in [0.15, 0.2) is 12.4 Å². The molecule has 3 N–H and O–H groups in total. The Balaban J connectivity index is 1.44. The number of aliphatic carboxylic acids is 1. The molecule has 1 fully saturated rings. The van der Waals surface area contributed by atoms with E-state index < -0.39 is 39.9 Å². The summed E-state index contributed by atoms with van der Waals surface area (Å²) in [5, 5.41) is 26.2. The lowest BCUT2D eigenvalue weighted by molar-refractivity contribution is -0.605. The van der Waals surface area contributed by atoms with Gasteiger partial charge in [-0.2, -0.15) is 9.04 Å². The van der Waals surface area contributed by atoms with E-state index in [4.69, 9.17) is 46.4 Å². The molecule has 2 amide bonds. The summed E-state index contributed by atoms with van der Waals surface area (Å²) >= 11 is 23.9. The van der Waals surface area contributed by atoms with Crippen LogP contribution < -0.4 is 15.4 Å². The fourth-order valence-electron chi connectivity index (χ4n) is 4.44. The molecule has 1 aliphatic heterocycles. The van der Waals surface area contributed by atoms with Crippen LogP contribution in [0.2, 0.25) is 20.1 Å². The molecule has 11 nitrogen and oxygen atoms in total. The summed E-state index contributed by atoms with van der Waals surface area (Å²) in [6.07, 6.45) is 2.44. The summed E-state index contributed by atoms with van der Waals surface area (Å²) in [6.45, 7) is 0.0613. The Morgan fingerprint density at radius 3 is 2.19 bits per heavy atom. The first-order chi connectivity index (χ1) is 19.8. The van der Waals surface area contributed by atoms with Gasteiger partial charge in [0.1, 0.15) is 22.1 Å². The molecule has 222 valence electrons. The number of hydrogen-bond acceptors (Lipinski definition) is 6. The van der Waals surface area contributed by atoms with Crippen molar-refractivity contribution in [2.45, 2.75) is 36.2 Å². The Bertz CT molecular complexity index is 1610. The summed E-state index contributed by atoms with van der Waals surface area (Å²) in [5.74, 6) is -2.74. The Hall–Kier alpha value is -3.13. The first-order valence-corrected chi connectivity index (χ1v) is 15.2. The third-order valence-electron chi connectivity index (χ3n) is 6.40. The van der Waals surface area contributed by atoms with Crippen LogP contribution in [0.5, 0.6) is 0 Å². The lowest BCUT2D eigenvalue weighted by atomic mass is 10.0. The zero-order valence-corrected chi connectivity index (χ0v) is 25.2. The Labute approximate surface area is 260 Å². The second-order valence-electron chi connectivity index (χ2n) is 9.32. The first-order valence-electron chi connectivity index (χ1n) is 12.3. The molecule has 2 aromatic carbocycles. The molecule has 1 aliphatic rings. The Morgan fingerprint density at radius 2 is 1.62 bits per heavy atom. The predicted molar refractivity (Wildman–Crippen MR) is 156 cm³/mol. The van der Waals surface area contributed by atoms with Crippen molar-refractivity contribution in [3.05, 3.63) is 91.3 Å². The normalized spacial score (nSPS) is 16.1. The fraction of sp³-hybridized carbons (Fsp3) is 0.231. The standard InChI is InChI=1S/C26H22Cl4N4O7S/c27-15-9-16(28)11-18(10-15)42(40,41)34-7-1-2-22(34)24(35)32-21(26(37)38)8-14-3-5-17(6-4-14)31-25(36)23-19(29)12-33(39)13-20(23)30/h3-6,9-13,21-22H,1-2,7-8H2,(H,31,36)(H,32,35)(H,37,38)/t21-,22+/m0/s1. The van der Waals surface area contributed by atoms with E-state index in [1.165, 1.54) is 30.3 Å². The average molecular weight is 676 g/mol. The van der Waals surface area contributed by atoms with Crippen molar-refractivity contribution in [1.82, 2.24) is 9.62 Å². The molecule has 0 saturated carbocycles. The summed E-state index contributed by atoms with van der Waals surface area (Å²) in [4.78, 5) is 37.6. The van der Waals surface area contributed by atoms with Crippen LogP contribution in [0, 0.1) is 5.21 Å². The number of hydrogen-bond donors (Lipinski definition) is 3. The van der Waals surface area contributed by atoms with Crippen molar-refractivity contribution in [2.24, 2.45) is 0 Å². The quantitative estimate of drug-likeness (QED) is 0.227. The van der Waals surface area contributed by atoms with E-state index in [2.05, 4.69) is 10.6 Å². The van der Waals surface area contributed by atoms with Crippen molar-refractivity contribution in [3.8, 4) is 0 Å². The SMILES string of the molecule is O=C(Nc1ccc(C[C@H](NC(=O)[C@H]2CCCN2S(=O)(=O)c2cc(Cl)cc(Cl)c2)C(=O)O)cc1)c1c(Cl)c[n+]([O-])cc1Cl. The number of rotatable bonds is 9. The van der Waals surface area contributed by atoms with E-state index in [0.29, 0.717) is 22.4 Å². The van der Waals surface area contributed by atoms with Crippen molar-refractivity contribution >= 4 is 79.9 Å². The lowest BCUT2D eigenvalue weighted by Crippen LogP contribution is -2.51. The number of amides is 2. The number of nitrogens with one attached hydrogen (secondary N) is 2. The van der Waals surface area contributed by atoms with Gasteiger partial charge in [0, 0.05) is 28.7 Å². The van der Waals surface area contributed by atoms with Crippen molar-refractivity contribution in [1.29, 1.82) is 0 Å². The van der Waals surface area contributed by atoms with Gasteiger partial charge in [-0.15, -0.1) is 0 Å². The number of carboxylic acid groups (broad SMARTS) is 1. The van der Waals surface area contributed by atoms with Crippen LogP contribution in [-0.4, -0.2) is 54.2 Å². The Morgan fingerprint density at radius 1 is 1.02 bits per heavy atom. The number of aromatic nitrogens is 1. The molecule has 0 aliphatic carbocycles. The van der Waals surface area contributed by atoms with Crippen LogP contribution >= 0.6 is 46.4 Å². The Kier molecular flexibility index (Phi) is 9.86. The van der Waals surface area contributed by atoms with Crippen LogP contribution in [0.3, 0.4) is 0 Å². The van der Waals surface area contributed by atoms with E-state index in [9.17, 15) is 33.1 Å². The number of benzene rings is 2. The van der Waals surface area contributed by atoms with Gasteiger partial charge in [-0.3, -0.25) is 9.59 Å². The topological polar surface area (TPSA) is 160 Å². The molecule has 2 atom stereocenters. The second-order valence-corrected chi connectivity index (χ2v) is 12.9. The molecular formula is C26H22Cl4N4O7S. The summed E-state index contributed by atoms with van der Waals surface area (Å²) in [5.41, 5.74) is 0.747. The molecule has 1 saturated heterocycles. The maximum absolute atomic E-state index is 13.3. The van der Waals surface area contributed by atoms with Crippen molar-refractivity contribution < 1.29 is 32.6 Å². The molecule has 1 aromatic heterocycles. The van der Waals surface area contributed by atoms with Crippen molar-refractivity contribution in [2.75, 3.05) is 11.9 Å². The highest BCUT2D eigenvalue weighted by Gasteiger charge is 2.40. The molecular weight excluding hydrogens is 654 g/mol. The van der Waals surface area contributed by atoms with Crippen LogP contribution in [0.15, 0.2) is 59.8 Å².